The highest BCUT2D eigenvalue weighted by atomic mass is 32.2. The van der Waals surface area contributed by atoms with Gasteiger partial charge in [0, 0.05) is 24.2 Å². The van der Waals surface area contributed by atoms with Gasteiger partial charge >= 0.3 is 0 Å². The Morgan fingerprint density at radius 1 is 1.38 bits per heavy atom. The summed E-state index contributed by atoms with van der Waals surface area (Å²) in [6, 6.07) is 5.50. The number of anilines is 2. The van der Waals surface area contributed by atoms with Crippen LogP contribution in [0.5, 0.6) is 0 Å². The Balaban J connectivity index is 1.64. The van der Waals surface area contributed by atoms with Crippen LogP contribution in [0, 0.1) is 0 Å². The normalized spacial score (nSPS) is 13.8. The monoisotopic (exact) mass is 362 g/mol. The minimum absolute atomic E-state index is 0.0381. The van der Waals surface area contributed by atoms with Gasteiger partial charge in [-0.15, -0.1) is 10.2 Å². The van der Waals surface area contributed by atoms with Crippen LogP contribution in [0.25, 0.3) is 0 Å². The van der Waals surface area contributed by atoms with Gasteiger partial charge < -0.3 is 10.6 Å². The SMILES string of the molecule is CCNc1nnc(SCC(=O)c2ccc3c(c2)CCCC(=O)N3)s1. The molecule has 2 aromatic rings. The summed E-state index contributed by atoms with van der Waals surface area (Å²) in [6.07, 6.45) is 2.15. The molecule has 3 rings (SSSR count). The van der Waals surface area contributed by atoms with Gasteiger partial charge in [-0.1, -0.05) is 23.1 Å². The average molecular weight is 362 g/mol. The summed E-state index contributed by atoms with van der Waals surface area (Å²) < 4.78 is 0.779. The van der Waals surface area contributed by atoms with Crippen LogP contribution >= 0.6 is 23.1 Å². The molecule has 2 N–H and O–H groups in total. The quantitative estimate of drug-likeness (QED) is 0.606. The molecule has 1 aromatic heterocycles. The van der Waals surface area contributed by atoms with E-state index < -0.39 is 0 Å². The number of benzene rings is 1. The van der Waals surface area contributed by atoms with E-state index in [1.54, 1.807) is 6.07 Å². The number of nitrogens with one attached hydrogen (secondary N) is 2. The van der Waals surface area contributed by atoms with Crippen molar-refractivity contribution in [3.63, 3.8) is 0 Å². The van der Waals surface area contributed by atoms with Gasteiger partial charge in [0.1, 0.15) is 0 Å². The van der Waals surface area contributed by atoms with Crippen LogP contribution in [0.3, 0.4) is 0 Å². The van der Waals surface area contributed by atoms with E-state index in [1.165, 1.54) is 23.1 Å². The summed E-state index contributed by atoms with van der Waals surface area (Å²) in [6.45, 7) is 2.79. The molecule has 126 valence electrons. The van der Waals surface area contributed by atoms with E-state index >= 15 is 0 Å². The van der Waals surface area contributed by atoms with Crippen LogP contribution in [-0.4, -0.2) is 34.2 Å². The predicted octanol–water partition coefficient (Wildman–Crippen LogP) is 3.22. The molecule has 2 heterocycles. The summed E-state index contributed by atoms with van der Waals surface area (Å²) in [5.41, 5.74) is 2.52. The summed E-state index contributed by atoms with van der Waals surface area (Å²) in [4.78, 5) is 24.0. The fourth-order valence-electron chi connectivity index (χ4n) is 2.45. The molecule has 1 aliphatic rings. The lowest BCUT2D eigenvalue weighted by molar-refractivity contribution is -0.116. The summed E-state index contributed by atoms with van der Waals surface area (Å²) in [5, 5.41) is 14.8. The van der Waals surface area contributed by atoms with Crippen LogP contribution < -0.4 is 10.6 Å². The number of aryl methyl sites for hydroxylation is 1. The van der Waals surface area contributed by atoms with Gasteiger partial charge in [-0.2, -0.15) is 0 Å². The van der Waals surface area contributed by atoms with Crippen LogP contribution in [-0.2, 0) is 11.2 Å². The highest BCUT2D eigenvalue weighted by Gasteiger charge is 2.16. The van der Waals surface area contributed by atoms with Crippen molar-refractivity contribution in [2.45, 2.75) is 30.5 Å². The van der Waals surface area contributed by atoms with Gasteiger partial charge in [-0.3, -0.25) is 9.59 Å². The van der Waals surface area contributed by atoms with Crippen molar-refractivity contribution in [2.75, 3.05) is 22.9 Å². The third kappa shape index (κ3) is 4.12. The lowest BCUT2D eigenvalue weighted by Crippen LogP contribution is -2.10. The number of hydrogen-bond acceptors (Lipinski definition) is 7. The number of amides is 1. The molecule has 0 atom stereocenters. The first-order valence-electron chi connectivity index (χ1n) is 7.82. The Morgan fingerprint density at radius 2 is 2.25 bits per heavy atom. The molecule has 6 nitrogen and oxygen atoms in total. The molecule has 0 aliphatic carbocycles. The third-order valence-electron chi connectivity index (χ3n) is 3.61. The second-order valence-corrected chi connectivity index (χ2v) is 7.59. The number of carbonyl (C=O) groups is 2. The molecular formula is C16H18N4O2S2. The zero-order valence-corrected chi connectivity index (χ0v) is 14.9. The second kappa shape index (κ2) is 7.76. The summed E-state index contributed by atoms with van der Waals surface area (Å²) >= 11 is 2.85. The lowest BCUT2D eigenvalue weighted by Gasteiger charge is -2.08. The maximum absolute atomic E-state index is 12.4. The third-order valence-corrected chi connectivity index (χ3v) is 5.63. The minimum atomic E-state index is 0.0381. The number of hydrogen-bond donors (Lipinski definition) is 2. The van der Waals surface area contributed by atoms with Crippen LogP contribution in [0.4, 0.5) is 10.8 Å². The number of rotatable bonds is 6. The van der Waals surface area contributed by atoms with Gasteiger partial charge in [-0.05, 0) is 43.5 Å². The van der Waals surface area contributed by atoms with Crippen molar-refractivity contribution < 1.29 is 9.59 Å². The van der Waals surface area contributed by atoms with Gasteiger partial charge in [0.25, 0.3) is 0 Å². The second-order valence-electron chi connectivity index (χ2n) is 5.39. The molecular weight excluding hydrogens is 344 g/mol. The largest absolute Gasteiger partial charge is 0.360 e. The summed E-state index contributed by atoms with van der Waals surface area (Å²) in [7, 11) is 0. The molecule has 1 aromatic carbocycles. The predicted molar refractivity (Wildman–Crippen MR) is 97.1 cm³/mol. The van der Waals surface area contributed by atoms with Crippen LogP contribution in [0.15, 0.2) is 22.5 Å². The van der Waals surface area contributed by atoms with Gasteiger partial charge in [-0.25, -0.2) is 0 Å². The fraction of sp³-hybridized carbons (Fsp3) is 0.375. The van der Waals surface area contributed by atoms with Crippen LogP contribution in [0.1, 0.15) is 35.7 Å². The van der Waals surface area contributed by atoms with E-state index in [4.69, 9.17) is 0 Å². The maximum atomic E-state index is 12.4. The van der Waals surface area contributed by atoms with Crippen LogP contribution in [0.2, 0.25) is 0 Å². The van der Waals surface area contributed by atoms with Crippen molar-refractivity contribution >= 4 is 45.6 Å². The number of aromatic nitrogens is 2. The van der Waals surface area contributed by atoms with E-state index in [0.29, 0.717) is 17.7 Å². The van der Waals surface area contributed by atoms with Gasteiger partial charge in [0.05, 0.1) is 5.75 Å². The number of ketones is 1. The molecule has 0 fully saturated rings. The van der Waals surface area contributed by atoms with Gasteiger partial charge in [0.15, 0.2) is 10.1 Å². The molecule has 1 aliphatic heterocycles. The average Bonchev–Trinajstić information content (AvgIpc) is 2.93. The Hall–Kier alpha value is -1.93. The van der Waals surface area contributed by atoms with Crippen molar-refractivity contribution in [1.29, 1.82) is 0 Å². The van der Waals surface area contributed by atoms with E-state index in [-0.39, 0.29) is 11.7 Å². The van der Waals surface area contributed by atoms with Gasteiger partial charge in [0.2, 0.25) is 11.0 Å². The molecule has 1 amide bonds. The zero-order chi connectivity index (χ0) is 16.9. The van der Waals surface area contributed by atoms with Crippen molar-refractivity contribution in [1.82, 2.24) is 10.2 Å². The first-order valence-corrected chi connectivity index (χ1v) is 9.62. The summed E-state index contributed by atoms with van der Waals surface area (Å²) in [5.74, 6) is 0.418. The molecule has 0 bridgehead atoms. The lowest BCUT2D eigenvalue weighted by atomic mass is 10.0. The molecule has 0 radical (unpaired) electrons. The Kier molecular flexibility index (Phi) is 5.47. The van der Waals surface area contributed by atoms with E-state index in [0.717, 1.165) is 40.1 Å². The Morgan fingerprint density at radius 3 is 3.08 bits per heavy atom. The number of fused-ring (bicyclic) bond motifs is 1. The number of Topliss-reactive ketones (excluding diaryl/α,β-unsaturated/α-hetero) is 1. The first kappa shape index (κ1) is 16.9. The maximum Gasteiger partial charge on any atom is 0.224 e. The van der Waals surface area contributed by atoms with Crippen molar-refractivity contribution in [3.8, 4) is 0 Å². The highest BCUT2D eigenvalue weighted by molar-refractivity contribution is 8.01. The molecule has 8 heteroatoms. The standard InChI is InChI=1S/C16H18N4O2S2/c1-2-17-15-19-20-16(24-15)23-9-13(21)11-6-7-12-10(8-11)4-3-5-14(22)18-12/h6-8H,2-5,9H2,1H3,(H,17,19)(H,18,22). The topological polar surface area (TPSA) is 84.0 Å². The molecule has 0 unspecified atom stereocenters. The number of nitrogens with zero attached hydrogens (tertiary/aromatic N) is 2. The molecule has 0 saturated carbocycles. The zero-order valence-electron chi connectivity index (χ0n) is 13.3. The molecule has 0 spiro atoms. The van der Waals surface area contributed by atoms with Crippen molar-refractivity contribution in [3.05, 3.63) is 29.3 Å². The Bertz CT molecular complexity index is 760. The fourth-order valence-corrected chi connectivity index (χ4v) is 4.16. The minimum Gasteiger partial charge on any atom is -0.360 e. The smallest absolute Gasteiger partial charge is 0.224 e. The first-order chi connectivity index (χ1) is 11.7. The van der Waals surface area contributed by atoms with E-state index in [1.807, 2.05) is 19.1 Å². The molecule has 24 heavy (non-hydrogen) atoms. The highest BCUT2D eigenvalue weighted by Crippen LogP contribution is 2.27. The Labute approximate surface area is 148 Å². The van der Waals surface area contributed by atoms with E-state index in [2.05, 4.69) is 20.8 Å². The molecule has 0 saturated heterocycles. The number of thioether (sulfide) groups is 1. The number of carbonyl (C=O) groups excluding carboxylic acids is 2. The van der Waals surface area contributed by atoms with E-state index in [9.17, 15) is 9.59 Å². The van der Waals surface area contributed by atoms with Crippen molar-refractivity contribution in [2.24, 2.45) is 0 Å².